The fraction of sp³-hybridized carbons (Fsp3) is 1.00. The van der Waals surface area contributed by atoms with E-state index in [1.54, 1.807) is 0 Å². The van der Waals surface area contributed by atoms with Crippen LogP contribution in [0.5, 0.6) is 0 Å². The lowest BCUT2D eigenvalue weighted by molar-refractivity contribution is 0.0121. The molecule has 0 saturated carbocycles. The maximum Gasteiger partial charge on any atom is 0.695 e. The Hall–Kier alpha value is -0.0600. The molecule has 11 heavy (non-hydrogen) atoms. The van der Waals surface area contributed by atoms with Crippen molar-refractivity contribution in [1.29, 1.82) is 0 Å². The van der Waals surface area contributed by atoms with Crippen molar-refractivity contribution in [3.8, 4) is 0 Å². The minimum absolute atomic E-state index is 0.173. The molecule has 0 aliphatic carbocycles. The van der Waals surface area contributed by atoms with Crippen molar-refractivity contribution < 1.29 is 23.8 Å². The number of hydrogen-bond donors (Lipinski definition) is 2. The quantitative estimate of drug-likeness (QED) is 0.590. The van der Waals surface area contributed by atoms with Crippen molar-refractivity contribution in [3.05, 3.63) is 0 Å². The van der Waals surface area contributed by atoms with Crippen LogP contribution in [-0.4, -0.2) is 35.4 Å². The van der Waals surface area contributed by atoms with E-state index in [2.05, 4.69) is 4.52 Å². The van der Waals surface area contributed by atoms with Gasteiger partial charge in [0.1, 0.15) is 12.2 Å². The van der Waals surface area contributed by atoms with E-state index in [9.17, 15) is 4.57 Å². The molecule has 1 aliphatic rings. The Morgan fingerprint density at radius 3 is 3.00 bits per heavy atom. The molecule has 2 N–H and O–H groups in total. The van der Waals surface area contributed by atoms with Gasteiger partial charge >= 0.3 is 8.25 Å². The fourth-order valence-electron chi connectivity index (χ4n) is 1.04. The third-order valence-electron chi connectivity index (χ3n) is 1.55. The number of aliphatic hydroxyl groups is 1. The second-order valence-electron chi connectivity index (χ2n) is 2.26. The van der Waals surface area contributed by atoms with E-state index in [0.717, 1.165) is 0 Å². The van der Waals surface area contributed by atoms with Crippen molar-refractivity contribution in [2.75, 3.05) is 13.2 Å². The largest absolute Gasteiger partial charge is 0.695 e. The van der Waals surface area contributed by atoms with Gasteiger partial charge in [-0.25, -0.2) is 0 Å². The van der Waals surface area contributed by atoms with Gasteiger partial charge in [-0.15, -0.1) is 9.42 Å². The van der Waals surface area contributed by atoms with Gasteiger partial charge in [-0.3, -0.25) is 0 Å². The van der Waals surface area contributed by atoms with Crippen molar-refractivity contribution in [1.82, 2.24) is 0 Å². The molecule has 0 bridgehead atoms. The highest BCUT2D eigenvalue weighted by atomic mass is 31.1. The summed E-state index contributed by atoms with van der Waals surface area (Å²) < 4.78 is 19.8. The van der Waals surface area contributed by atoms with E-state index in [1.807, 2.05) is 0 Å². The standard InChI is InChI=1S/C5H9O5P/c6-3-5-4(1-2-9-5)10-11(7)8/h4-6H,1-3H2/p+1/t4?,5-/m1/s1. The highest BCUT2D eigenvalue weighted by Crippen LogP contribution is 2.26. The van der Waals surface area contributed by atoms with Gasteiger partial charge in [0.15, 0.2) is 0 Å². The maximum atomic E-state index is 10.2. The summed E-state index contributed by atoms with van der Waals surface area (Å²) >= 11 is 0. The fourth-order valence-corrected chi connectivity index (χ4v) is 1.51. The third-order valence-corrected chi connectivity index (χ3v) is 2.01. The molecular formula is C5H10O5P+. The molecule has 3 atom stereocenters. The lowest BCUT2D eigenvalue weighted by Crippen LogP contribution is -2.25. The molecule has 6 heteroatoms. The van der Waals surface area contributed by atoms with E-state index in [0.29, 0.717) is 13.0 Å². The molecule has 1 fully saturated rings. The van der Waals surface area contributed by atoms with Crippen molar-refractivity contribution >= 4 is 8.25 Å². The summed E-state index contributed by atoms with van der Waals surface area (Å²) in [4.78, 5) is 8.38. The van der Waals surface area contributed by atoms with Gasteiger partial charge < -0.3 is 9.84 Å². The third kappa shape index (κ3) is 2.47. The SMILES string of the molecule is O=[P+](O)OC1CCO[C@@H]1CO. The zero-order chi connectivity index (χ0) is 8.27. The Morgan fingerprint density at radius 2 is 2.45 bits per heavy atom. The molecule has 64 valence electrons. The molecule has 0 aromatic heterocycles. The van der Waals surface area contributed by atoms with Gasteiger partial charge in [0.2, 0.25) is 0 Å². The summed E-state index contributed by atoms with van der Waals surface area (Å²) in [5.74, 6) is 0. The summed E-state index contributed by atoms with van der Waals surface area (Å²) in [6.07, 6.45) is -0.318. The van der Waals surface area contributed by atoms with Crippen LogP contribution in [0.1, 0.15) is 6.42 Å². The van der Waals surface area contributed by atoms with E-state index < -0.39 is 20.5 Å². The highest BCUT2D eigenvalue weighted by molar-refractivity contribution is 7.32. The summed E-state index contributed by atoms with van der Waals surface area (Å²) in [7, 11) is -2.58. The normalized spacial score (nSPS) is 32.4. The Morgan fingerprint density at radius 1 is 1.73 bits per heavy atom. The van der Waals surface area contributed by atoms with E-state index >= 15 is 0 Å². The molecule has 2 unspecified atom stereocenters. The predicted octanol–water partition coefficient (Wildman–Crippen LogP) is -0.197. The minimum Gasteiger partial charge on any atom is -0.394 e. The minimum atomic E-state index is -2.58. The van der Waals surface area contributed by atoms with Crippen LogP contribution in [-0.2, 0) is 13.8 Å². The Labute approximate surface area is 64.9 Å². The first-order valence-electron chi connectivity index (χ1n) is 3.29. The summed E-state index contributed by atoms with van der Waals surface area (Å²) in [6, 6.07) is 0. The van der Waals surface area contributed by atoms with Gasteiger partial charge in [-0.2, -0.15) is 0 Å². The van der Waals surface area contributed by atoms with Crippen LogP contribution in [0.3, 0.4) is 0 Å². The molecular weight excluding hydrogens is 171 g/mol. The first kappa shape index (κ1) is 9.03. The molecule has 1 saturated heterocycles. The van der Waals surface area contributed by atoms with Crippen molar-refractivity contribution in [3.63, 3.8) is 0 Å². The summed E-state index contributed by atoms with van der Waals surface area (Å²) in [6.45, 7) is 0.299. The van der Waals surface area contributed by atoms with Gasteiger partial charge in [0.25, 0.3) is 0 Å². The zero-order valence-electron chi connectivity index (χ0n) is 5.84. The zero-order valence-corrected chi connectivity index (χ0v) is 6.74. The lowest BCUT2D eigenvalue weighted by atomic mass is 10.2. The number of ether oxygens (including phenoxy) is 1. The maximum absolute atomic E-state index is 10.2. The van der Waals surface area contributed by atoms with Gasteiger partial charge in [0, 0.05) is 17.6 Å². The molecule has 0 amide bonds. The van der Waals surface area contributed by atoms with Gasteiger partial charge in [0.05, 0.1) is 6.61 Å². The van der Waals surface area contributed by atoms with Crippen LogP contribution < -0.4 is 0 Å². The van der Waals surface area contributed by atoms with E-state index in [1.165, 1.54) is 0 Å². The number of rotatable bonds is 3. The topological polar surface area (TPSA) is 76.0 Å². The molecule has 0 aromatic rings. The lowest BCUT2D eigenvalue weighted by Gasteiger charge is -2.08. The smallest absolute Gasteiger partial charge is 0.394 e. The van der Waals surface area contributed by atoms with E-state index in [4.69, 9.17) is 14.7 Å². The average molecular weight is 181 g/mol. The van der Waals surface area contributed by atoms with Crippen molar-refractivity contribution in [2.24, 2.45) is 0 Å². The van der Waals surface area contributed by atoms with Crippen LogP contribution >= 0.6 is 8.25 Å². The Bertz CT molecular complexity index is 150. The first-order chi connectivity index (χ1) is 5.24. The Balaban J connectivity index is 2.37. The molecule has 1 aliphatic heterocycles. The Kier molecular flexibility index (Phi) is 3.36. The second kappa shape index (κ2) is 4.09. The molecule has 5 nitrogen and oxygen atoms in total. The molecule has 0 spiro atoms. The molecule has 1 rings (SSSR count). The predicted molar refractivity (Wildman–Crippen MR) is 36.1 cm³/mol. The molecule has 1 heterocycles. The van der Waals surface area contributed by atoms with Gasteiger partial charge in [-0.05, 0) is 0 Å². The molecule has 0 aromatic carbocycles. The van der Waals surface area contributed by atoms with Crippen LogP contribution in [0.4, 0.5) is 0 Å². The average Bonchev–Trinajstić information content (AvgIpc) is 2.34. The van der Waals surface area contributed by atoms with E-state index in [-0.39, 0.29) is 6.61 Å². The van der Waals surface area contributed by atoms with Crippen molar-refractivity contribution in [2.45, 2.75) is 18.6 Å². The first-order valence-corrected chi connectivity index (χ1v) is 4.42. The molecule has 0 radical (unpaired) electrons. The van der Waals surface area contributed by atoms with Crippen LogP contribution in [0.2, 0.25) is 0 Å². The van der Waals surface area contributed by atoms with Crippen LogP contribution in [0.25, 0.3) is 0 Å². The van der Waals surface area contributed by atoms with Gasteiger partial charge in [-0.1, -0.05) is 0 Å². The monoisotopic (exact) mass is 181 g/mol. The highest BCUT2D eigenvalue weighted by Gasteiger charge is 2.35. The summed E-state index contributed by atoms with van der Waals surface area (Å²) in [5, 5.41) is 8.67. The van der Waals surface area contributed by atoms with Crippen LogP contribution in [0.15, 0.2) is 0 Å². The second-order valence-corrected chi connectivity index (χ2v) is 2.95. The summed E-state index contributed by atoms with van der Waals surface area (Å²) in [5.41, 5.74) is 0. The number of hydrogen-bond acceptors (Lipinski definition) is 4. The van der Waals surface area contributed by atoms with Crippen LogP contribution in [0, 0.1) is 0 Å². The number of aliphatic hydroxyl groups excluding tert-OH is 1.